The second kappa shape index (κ2) is 6.97. The van der Waals surface area contributed by atoms with Gasteiger partial charge in [0.2, 0.25) is 0 Å². The first-order chi connectivity index (χ1) is 8.38. The van der Waals surface area contributed by atoms with E-state index in [0.29, 0.717) is 0 Å². The molecule has 0 aliphatic heterocycles. The van der Waals surface area contributed by atoms with Gasteiger partial charge in [-0.2, -0.15) is 0 Å². The molecule has 1 heterocycles. The maximum absolute atomic E-state index is 3.64. The van der Waals surface area contributed by atoms with Gasteiger partial charge in [-0.1, -0.05) is 52.3 Å². The van der Waals surface area contributed by atoms with Gasteiger partial charge < -0.3 is 0 Å². The Kier molecular flexibility index (Phi) is 5.27. The first-order valence-electron chi connectivity index (χ1n) is 6.00. The molecule has 1 unspecified atom stereocenters. The Balaban J connectivity index is 1.85. The molecular formula is C15H17BrS. The molecule has 2 rings (SSSR count). The Morgan fingerprint density at radius 1 is 1.06 bits per heavy atom. The van der Waals surface area contributed by atoms with Crippen LogP contribution in [-0.2, 0) is 12.8 Å². The van der Waals surface area contributed by atoms with Gasteiger partial charge in [0.1, 0.15) is 0 Å². The third-order valence-corrected chi connectivity index (χ3v) is 4.82. The summed E-state index contributed by atoms with van der Waals surface area (Å²) in [4.78, 5) is 1.50. The molecule has 2 aromatic rings. The molecule has 0 nitrogen and oxygen atoms in total. The Bertz CT molecular complexity index is 408. The van der Waals surface area contributed by atoms with Crippen LogP contribution in [0, 0.1) is 5.92 Å². The molecule has 1 aromatic carbocycles. The summed E-state index contributed by atoms with van der Waals surface area (Å²) in [7, 11) is 0. The second-order valence-electron chi connectivity index (χ2n) is 4.33. The van der Waals surface area contributed by atoms with Crippen molar-refractivity contribution < 1.29 is 0 Å². The molecule has 0 amide bonds. The van der Waals surface area contributed by atoms with Gasteiger partial charge in [-0.3, -0.25) is 0 Å². The van der Waals surface area contributed by atoms with Gasteiger partial charge in [0.25, 0.3) is 0 Å². The van der Waals surface area contributed by atoms with Crippen molar-refractivity contribution in [2.45, 2.75) is 19.3 Å². The molecule has 0 aliphatic rings. The molecule has 90 valence electrons. The number of rotatable bonds is 6. The summed E-state index contributed by atoms with van der Waals surface area (Å²) in [5, 5.41) is 3.25. The van der Waals surface area contributed by atoms with Crippen molar-refractivity contribution in [2.24, 2.45) is 5.92 Å². The summed E-state index contributed by atoms with van der Waals surface area (Å²) in [6, 6.07) is 15.2. The summed E-state index contributed by atoms with van der Waals surface area (Å²) in [6.45, 7) is 0. The summed E-state index contributed by atoms with van der Waals surface area (Å²) >= 11 is 5.51. The van der Waals surface area contributed by atoms with Gasteiger partial charge in [0, 0.05) is 10.2 Å². The van der Waals surface area contributed by atoms with Crippen molar-refractivity contribution in [3.8, 4) is 0 Å². The Hall–Kier alpha value is -0.600. The lowest BCUT2D eigenvalue weighted by Gasteiger charge is -2.13. The average molecular weight is 309 g/mol. The topological polar surface area (TPSA) is 0 Å². The molecular weight excluding hydrogens is 292 g/mol. The van der Waals surface area contributed by atoms with Crippen molar-refractivity contribution in [1.82, 2.24) is 0 Å². The predicted molar refractivity (Wildman–Crippen MR) is 80.1 cm³/mol. The van der Waals surface area contributed by atoms with E-state index >= 15 is 0 Å². The highest BCUT2D eigenvalue weighted by Gasteiger charge is 2.08. The zero-order valence-electron chi connectivity index (χ0n) is 9.81. The van der Waals surface area contributed by atoms with Crippen molar-refractivity contribution in [2.75, 3.05) is 5.33 Å². The first-order valence-corrected chi connectivity index (χ1v) is 8.01. The third-order valence-electron chi connectivity index (χ3n) is 2.96. The summed E-state index contributed by atoms with van der Waals surface area (Å²) in [6.07, 6.45) is 3.65. The quantitative estimate of drug-likeness (QED) is 0.663. The minimum atomic E-state index is 0.736. The highest BCUT2D eigenvalue weighted by molar-refractivity contribution is 9.09. The summed E-state index contributed by atoms with van der Waals surface area (Å²) in [5.41, 5.74) is 1.45. The molecule has 0 aliphatic carbocycles. The van der Waals surface area contributed by atoms with Crippen molar-refractivity contribution >= 4 is 27.3 Å². The van der Waals surface area contributed by atoms with Crippen LogP contribution in [0.2, 0.25) is 0 Å². The van der Waals surface area contributed by atoms with Gasteiger partial charge in [0.15, 0.2) is 0 Å². The molecule has 1 atom stereocenters. The lowest BCUT2D eigenvalue weighted by atomic mass is 9.96. The van der Waals surface area contributed by atoms with Crippen molar-refractivity contribution in [1.29, 1.82) is 0 Å². The number of halogens is 1. The maximum Gasteiger partial charge on any atom is 0.00629 e. The van der Waals surface area contributed by atoms with E-state index in [9.17, 15) is 0 Å². The molecule has 0 bridgehead atoms. The van der Waals surface area contributed by atoms with E-state index in [1.54, 1.807) is 0 Å². The second-order valence-corrected chi connectivity index (χ2v) is 6.01. The van der Waals surface area contributed by atoms with E-state index < -0.39 is 0 Å². The fourth-order valence-electron chi connectivity index (χ4n) is 1.98. The van der Waals surface area contributed by atoms with Gasteiger partial charge >= 0.3 is 0 Å². The first kappa shape index (κ1) is 12.8. The molecule has 2 heteroatoms. The van der Waals surface area contributed by atoms with Gasteiger partial charge in [0.05, 0.1) is 0 Å². The number of hydrogen-bond acceptors (Lipinski definition) is 1. The predicted octanol–water partition coefficient (Wildman–Crippen LogP) is 4.93. The number of aryl methyl sites for hydroxylation is 1. The van der Waals surface area contributed by atoms with E-state index in [4.69, 9.17) is 0 Å². The van der Waals surface area contributed by atoms with Crippen LogP contribution < -0.4 is 0 Å². The van der Waals surface area contributed by atoms with Gasteiger partial charge in [-0.15, -0.1) is 11.3 Å². The molecule has 0 saturated heterocycles. The highest BCUT2D eigenvalue weighted by atomic mass is 79.9. The highest BCUT2D eigenvalue weighted by Crippen LogP contribution is 2.19. The molecule has 0 saturated carbocycles. The minimum Gasteiger partial charge on any atom is -0.149 e. The van der Waals surface area contributed by atoms with Crippen LogP contribution in [-0.4, -0.2) is 5.33 Å². The minimum absolute atomic E-state index is 0.736. The van der Waals surface area contributed by atoms with Gasteiger partial charge in [-0.25, -0.2) is 0 Å². The molecule has 0 fully saturated rings. The molecule has 17 heavy (non-hydrogen) atoms. The SMILES string of the molecule is BrCC(CCc1cccs1)Cc1ccccc1. The standard InChI is InChI=1S/C15H17BrS/c16-12-14(8-9-15-7-4-10-17-15)11-13-5-2-1-3-6-13/h1-7,10,14H,8-9,11-12H2. The summed E-state index contributed by atoms with van der Waals surface area (Å²) < 4.78 is 0. The van der Waals surface area contributed by atoms with Crippen LogP contribution in [0.5, 0.6) is 0 Å². The van der Waals surface area contributed by atoms with E-state index in [-0.39, 0.29) is 0 Å². The number of thiophene rings is 1. The zero-order valence-corrected chi connectivity index (χ0v) is 12.2. The lowest BCUT2D eigenvalue weighted by molar-refractivity contribution is 0.545. The molecule has 0 radical (unpaired) electrons. The largest absolute Gasteiger partial charge is 0.149 e. The van der Waals surface area contributed by atoms with Crippen LogP contribution in [0.25, 0.3) is 0 Å². The van der Waals surface area contributed by atoms with E-state index in [0.717, 1.165) is 11.2 Å². The van der Waals surface area contributed by atoms with Crippen LogP contribution in [0.4, 0.5) is 0 Å². The number of alkyl halides is 1. The number of benzene rings is 1. The smallest absolute Gasteiger partial charge is 0.00629 e. The Labute approximate surface area is 116 Å². The zero-order chi connectivity index (χ0) is 11.9. The van der Waals surface area contributed by atoms with E-state index in [1.807, 2.05) is 11.3 Å². The maximum atomic E-state index is 3.64. The van der Waals surface area contributed by atoms with Crippen LogP contribution in [0.1, 0.15) is 16.9 Å². The fraction of sp³-hybridized carbons (Fsp3) is 0.333. The van der Waals surface area contributed by atoms with E-state index in [2.05, 4.69) is 63.8 Å². The fourth-order valence-corrected chi connectivity index (χ4v) is 3.26. The Morgan fingerprint density at radius 2 is 1.88 bits per heavy atom. The van der Waals surface area contributed by atoms with E-state index in [1.165, 1.54) is 29.7 Å². The van der Waals surface area contributed by atoms with Crippen LogP contribution in [0.15, 0.2) is 47.8 Å². The molecule has 1 aromatic heterocycles. The third kappa shape index (κ3) is 4.29. The lowest BCUT2D eigenvalue weighted by Crippen LogP contribution is -2.07. The summed E-state index contributed by atoms with van der Waals surface area (Å²) in [5.74, 6) is 0.736. The molecule has 0 N–H and O–H groups in total. The van der Waals surface area contributed by atoms with Gasteiger partial charge in [-0.05, 0) is 42.2 Å². The van der Waals surface area contributed by atoms with Crippen LogP contribution in [0.3, 0.4) is 0 Å². The normalized spacial score (nSPS) is 12.5. The van der Waals surface area contributed by atoms with Crippen molar-refractivity contribution in [3.05, 3.63) is 58.3 Å². The average Bonchev–Trinajstić information content (AvgIpc) is 2.89. The molecule has 0 spiro atoms. The Morgan fingerprint density at radius 3 is 2.53 bits per heavy atom. The van der Waals surface area contributed by atoms with Crippen molar-refractivity contribution in [3.63, 3.8) is 0 Å². The van der Waals surface area contributed by atoms with Crippen LogP contribution >= 0.6 is 27.3 Å². The number of hydrogen-bond donors (Lipinski definition) is 0. The monoisotopic (exact) mass is 308 g/mol.